The molecule has 0 spiro atoms. The Balaban J connectivity index is 2.63. The van der Waals surface area contributed by atoms with E-state index in [-0.39, 0.29) is 31.9 Å². The van der Waals surface area contributed by atoms with Crippen molar-refractivity contribution in [3.8, 4) is 11.5 Å². The summed E-state index contributed by atoms with van der Waals surface area (Å²) in [7, 11) is -5.11. The Labute approximate surface area is 186 Å². The molecule has 3 aromatic rings. The smallest absolute Gasteiger partial charge is 0.283 e. The van der Waals surface area contributed by atoms with Gasteiger partial charge in [-0.3, -0.25) is 4.55 Å². The number of benzene rings is 3. The summed E-state index contributed by atoms with van der Waals surface area (Å²) < 4.78 is 34.0. The first kappa shape index (κ1) is 22.0. The van der Waals surface area contributed by atoms with E-state index in [0.717, 1.165) is 6.07 Å². The summed E-state index contributed by atoms with van der Waals surface area (Å²) in [6.07, 6.45) is 0. The third-order valence-electron chi connectivity index (χ3n) is 4.40. The van der Waals surface area contributed by atoms with E-state index in [2.05, 4.69) is 0 Å². The molecular weight excluding hydrogens is 482 g/mol. The van der Waals surface area contributed by atoms with E-state index < -0.39 is 26.2 Å². The molecule has 0 aliphatic heterocycles. The van der Waals surface area contributed by atoms with Crippen LogP contribution in [0.15, 0.2) is 54.6 Å². The summed E-state index contributed by atoms with van der Waals surface area (Å²) in [5, 5.41) is 20.1. The molecule has 0 radical (unpaired) electrons. The molecule has 10 heteroatoms. The quantitative estimate of drug-likeness (QED) is 0.311. The van der Waals surface area contributed by atoms with Crippen molar-refractivity contribution < 1.29 is 23.2 Å². The van der Waals surface area contributed by atoms with Crippen molar-refractivity contribution in [1.29, 1.82) is 0 Å². The van der Waals surface area contributed by atoms with Crippen molar-refractivity contribution in [2.75, 3.05) is 0 Å². The van der Waals surface area contributed by atoms with Gasteiger partial charge in [-0.05, 0) is 42.0 Å². The summed E-state index contributed by atoms with van der Waals surface area (Å²) in [5.41, 5.74) is -0.582. The summed E-state index contributed by atoms with van der Waals surface area (Å²) in [4.78, 5) is 0. The highest BCUT2D eigenvalue weighted by Crippen LogP contribution is 2.53. The average molecular weight is 494 g/mol. The van der Waals surface area contributed by atoms with Gasteiger partial charge in [0.2, 0.25) is 0 Å². The molecule has 0 bridgehead atoms. The van der Waals surface area contributed by atoms with Gasteiger partial charge in [0.1, 0.15) is 11.5 Å². The zero-order valence-corrected chi connectivity index (χ0v) is 18.1. The van der Waals surface area contributed by atoms with Crippen LogP contribution in [0.5, 0.6) is 11.5 Å². The van der Waals surface area contributed by atoms with Crippen LogP contribution >= 0.6 is 46.4 Å². The second kappa shape index (κ2) is 7.87. The summed E-state index contributed by atoms with van der Waals surface area (Å²) >= 11 is 24.5. The minimum Gasteiger partial charge on any atom is -0.508 e. The van der Waals surface area contributed by atoms with Crippen LogP contribution in [-0.4, -0.2) is 23.2 Å². The van der Waals surface area contributed by atoms with Crippen molar-refractivity contribution in [3.05, 3.63) is 91.4 Å². The number of aromatic hydroxyl groups is 2. The average Bonchev–Trinajstić information content (AvgIpc) is 2.63. The van der Waals surface area contributed by atoms with Gasteiger partial charge in [-0.2, -0.15) is 8.42 Å². The van der Waals surface area contributed by atoms with Crippen LogP contribution in [0, 0.1) is 0 Å². The number of halogens is 4. The lowest BCUT2D eigenvalue weighted by molar-refractivity contribution is 0.440. The fourth-order valence-electron chi connectivity index (χ4n) is 3.20. The third kappa shape index (κ3) is 3.65. The molecule has 0 saturated carbocycles. The van der Waals surface area contributed by atoms with Gasteiger partial charge >= 0.3 is 0 Å². The first-order valence-electron chi connectivity index (χ1n) is 7.89. The largest absolute Gasteiger partial charge is 0.508 e. The van der Waals surface area contributed by atoms with Gasteiger partial charge in [-0.25, -0.2) is 0 Å². The summed E-state index contributed by atoms with van der Waals surface area (Å²) in [6.45, 7) is 0. The second-order valence-corrected chi connectivity index (χ2v) is 9.30. The Hall–Kier alpha value is -1.67. The van der Waals surface area contributed by atoms with Crippen molar-refractivity contribution in [2.45, 2.75) is 4.75 Å². The maximum atomic E-state index is 13.0. The number of phenolic OH excluding ortho intramolecular Hbond substituents is 2. The Morgan fingerprint density at radius 3 is 1.90 bits per heavy atom. The SMILES string of the molecule is O=S(=O)(O)C(c1ccc(Cl)cc1)(c1ccc(O)cc1Cl)c1c(Cl)ccc(Cl)c1O. The molecule has 0 heterocycles. The zero-order chi connectivity index (χ0) is 21.6. The van der Waals surface area contributed by atoms with Crippen LogP contribution < -0.4 is 0 Å². The maximum absolute atomic E-state index is 13.0. The Kier molecular flexibility index (Phi) is 5.98. The fraction of sp³-hybridized carbons (Fsp3) is 0.0526. The summed E-state index contributed by atoms with van der Waals surface area (Å²) in [5.74, 6) is -0.892. The minimum absolute atomic E-state index is 0.0172. The Bertz CT molecular complexity index is 1200. The lowest BCUT2D eigenvalue weighted by Gasteiger charge is -2.34. The Morgan fingerprint density at radius 1 is 0.759 bits per heavy atom. The third-order valence-corrected chi connectivity index (χ3v) is 7.02. The highest BCUT2D eigenvalue weighted by atomic mass is 35.5. The molecule has 3 rings (SSSR count). The first-order valence-corrected chi connectivity index (χ1v) is 10.8. The van der Waals surface area contributed by atoms with Gasteiger partial charge in [0.05, 0.1) is 5.02 Å². The van der Waals surface area contributed by atoms with Gasteiger partial charge in [-0.1, -0.05) is 64.6 Å². The van der Waals surface area contributed by atoms with E-state index >= 15 is 0 Å². The highest BCUT2D eigenvalue weighted by molar-refractivity contribution is 7.87. The number of hydrogen-bond acceptors (Lipinski definition) is 4. The lowest BCUT2D eigenvalue weighted by Crippen LogP contribution is -2.39. The fourth-order valence-corrected chi connectivity index (χ4v) is 5.56. The number of phenols is 2. The monoisotopic (exact) mass is 492 g/mol. The summed E-state index contributed by atoms with van der Waals surface area (Å²) in [6, 6.07) is 11.5. The molecule has 0 aliphatic rings. The van der Waals surface area contributed by atoms with E-state index in [1.54, 1.807) is 0 Å². The molecule has 3 aromatic carbocycles. The molecule has 1 atom stereocenters. The van der Waals surface area contributed by atoms with Crippen molar-refractivity contribution >= 4 is 56.5 Å². The molecule has 0 saturated heterocycles. The van der Waals surface area contributed by atoms with Gasteiger partial charge in [0, 0.05) is 26.2 Å². The number of rotatable bonds is 4. The second-order valence-electron chi connectivity index (χ2n) is 6.08. The van der Waals surface area contributed by atoms with E-state index in [9.17, 15) is 23.2 Å². The molecule has 29 heavy (non-hydrogen) atoms. The topological polar surface area (TPSA) is 94.8 Å². The standard InChI is InChI=1S/C19H12Cl4O5S/c20-11-3-1-10(2-4-11)19(29(26,27)28,13-6-5-12(24)9-16(13)23)17-14(21)7-8-15(22)18(17)25/h1-9,24-25H,(H,26,27,28). The highest BCUT2D eigenvalue weighted by Gasteiger charge is 2.52. The van der Waals surface area contributed by atoms with Crippen molar-refractivity contribution in [3.63, 3.8) is 0 Å². The predicted molar refractivity (Wildman–Crippen MR) is 114 cm³/mol. The molecule has 0 amide bonds. The molecule has 152 valence electrons. The van der Waals surface area contributed by atoms with E-state index in [1.807, 2.05) is 0 Å². The first-order chi connectivity index (χ1) is 13.5. The van der Waals surface area contributed by atoms with Gasteiger partial charge in [-0.15, -0.1) is 0 Å². The molecule has 5 nitrogen and oxygen atoms in total. The normalized spacial score (nSPS) is 13.8. The molecule has 1 unspecified atom stereocenters. The number of hydrogen-bond donors (Lipinski definition) is 3. The molecule has 0 aliphatic carbocycles. The predicted octanol–water partition coefficient (Wildman–Crippen LogP) is 5.89. The Morgan fingerprint density at radius 2 is 1.34 bits per heavy atom. The minimum atomic E-state index is -5.11. The molecule has 3 N–H and O–H groups in total. The van der Waals surface area contributed by atoms with Gasteiger partial charge in [0.15, 0.2) is 4.75 Å². The van der Waals surface area contributed by atoms with Gasteiger partial charge < -0.3 is 10.2 Å². The van der Waals surface area contributed by atoms with Crippen molar-refractivity contribution in [1.82, 2.24) is 0 Å². The van der Waals surface area contributed by atoms with E-state index in [4.69, 9.17) is 46.4 Å². The lowest BCUT2D eigenvalue weighted by atomic mass is 9.83. The van der Waals surface area contributed by atoms with Gasteiger partial charge in [0.25, 0.3) is 10.1 Å². The molecular formula is C19H12Cl4O5S. The zero-order valence-electron chi connectivity index (χ0n) is 14.3. The van der Waals surface area contributed by atoms with E-state index in [0.29, 0.717) is 5.02 Å². The van der Waals surface area contributed by atoms with Crippen LogP contribution in [0.2, 0.25) is 20.1 Å². The molecule has 0 aromatic heterocycles. The van der Waals surface area contributed by atoms with Crippen LogP contribution in [0.25, 0.3) is 0 Å². The van der Waals surface area contributed by atoms with Crippen LogP contribution in [-0.2, 0) is 14.9 Å². The van der Waals surface area contributed by atoms with Crippen LogP contribution in [0.3, 0.4) is 0 Å². The van der Waals surface area contributed by atoms with Crippen LogP contribution in [0.4, 0.5) is 0 Å². The maximum Gasteiger partial charge on any atom is 0.283 e. The van der Waals surface area contributed by atoms with Crippen LogP contribution in [0.1, 0.15) is 16.7 Å². The molecule has 0 fully saturated rings. The van der Waals surface area contributed by atoms with E-state index in [1.165, 1.54) is 48.5 Å². The van der Waals surface area contributed by atoms with Crippen molar-refractivity contribution in [2.24, 2.45) is 0 Å².